The third-order valence-corrected chi connectivity index (χ3v) is 4.62. The normalized spacial score (nSPS) is 12.2. The monoisotopic (exact) mass is 290 g/mol. The molecule has 2 aromatic carbocycles. The molecule has 20 heavy (non-hydrogen) atoms. The SMILES string of the molecule is CC=NCS(=O)(=O)c1cccc2c(N(C)C)cccc12. The van der Waals surface area contributed by atoms with Crippen LogP contribution in [0.25, 0.3) is 10.8 Å². The Hall–Kier alpha value is -1.88. The fourth-order valence-electron chi connectivity index (χ4n) is 2.17. The number of sulfone groups is 1. The van der Waals surface area contributed by atoms with Crippen LogP contribution in [0, 0.1) is 0 Å². The number of nitrogens with zero attached hydrogens (tertiary/aromatic N) is 2. The number of benzene rings is 2. The number of rotatable bonds is 4. The molecular weight excluding hydrogens is 272 g/mol. The minimum atomic E-state index is -3.41. The maximum Gasteiger partial charge on any atom is 0.198 e. The van der Waals surface area contributed by atoms with Gasteiger partial charge in [-0.05, 0) is 25.3 Å². The van der Waals surface area contributed by atoms with E-state index in [0.717, 1.165) is 16.5 Å². The van der Waals surface area contributed by atoms with Crippen LogP contribution in [0.5, 0.6) is 0 Å². The molecule has 0 aliphatic rings. The van der Waals surface area contributed by atoms with E-state index >= 15 is 0 Å². The van der Waals surface area contributed by atoms with E-state index in [1.165, 1.54) is 6.21 Å². The Labute approximate surface area is 119 Å². The summed E-state index contributed by atoms with van der Waals surface area (Å²) in [5.41, 5.74) is 0.999. The van der Waals surface area contributed by atoms with Gasteiger partial charge in [0, 0.05) is 30.6 Å². The zero-order valence-electron chi connectivity index (χ0n) is 11.9. The minimum Gasteiger partial charge on any atom is -0.377 e. The molecule has 0 heterocycles. The Morgan fingerprint density at radius 1 is 1.10 bits per heavy atom. The van der Waals surface area contributed by atoms with Gasteiger partial charge in [0.1, 0.15) is 5.88 Å². The van der Waals surface area contributed by atoms with Gasteiger partial charge in [-0.25, -0.2) is 8.42 Å². The van der Waals surface area contributed by atoms with Crippen LogP contribution in [0.2, 0.25) is 0 Å². The summed E-state index contributed by atoms with van der Waals surface area (Å²) in [5, 5.41) is 1.67. The maximum atomic E-state index is 12.4. The lowest BCUT2D eigenvalue weighted by atomic mass is 10.1. The minimum absolute atomic E-state index is 0.213. The van der Waals surface area contributed by atoms with Gasteiger partial charge in [0.2, 0.25) is 0 Å². The molecule has 0 unspecified atom stereocenters. The van der Waals surface area contributed by atoms with E-state index in [-0.39, 0.29) is 5.88 Å². The maximum absolute atomic E-state index is 12.4. The van der Waals surface area contributed by atoms with E-state index in [1.807, 2.05) is 43.3 Å². The molecule has 0 spiro atoms. The van der Waals surface area contributed by atoms with E-state index in [2.05, 4.69) is 4.99 Å². The largest absolute Gasteiger partial charge is 0.377 e. The van der Waals surface area contributed by atoms with Crippen LogP contribution in [0.3, 0.4) is 0 Å². The molecule has 4 nitrogen and oxygen atoms in total. The molecule has 0 aliphatic carbocycles. The molecule has 0 amide bonds. The molecule has 106 valence electrons. The number of anilines is 1. The molecule has 2 aromatic rings. The van der Waals surface area contributed by atoms with Crippen molar-refractivity contribution < 1.29 is 8.42 Å². The Bertz CT molecular complexity index is 750. The zero-order valence-corrected chi connectivity index (χ0v) is 12.7. The molecule has 0 saturated carbocycles. The van der Waals surface area contributed by atoms with Crippen molar-refractivity contribution in [2.24, 2.45) is 4.99 Å². The second-order valence-electron chi connectivity index (χ2n) is 4.71. The Morgan fingerprint density at radius 2 is 1.75 bits per heavy atom. The van der Waals surface area contributed by atoms with Crippen LogP contribution in [-0.2, 0) is 9.84 Å². The van der Waals surface area contributed by atoms with Gasteiger partial charge in [-0.3, -0.25) is 4.99 Å². The fourth-order valence-corrected chi connectivity index (χ4v) is 3.45. The Kier molecular flexibility index (Phi) is 4.09. The van der Waals surface area contributed by atoms with Crippen LogP contribution in [0.1, 0.15) is 6.92 Å². The first-order valence-electron chi connectivity index (χ1n) is 6.33. The third-order valence-electron chi connectivity index (χ3n) is 3.10. The predicted molar refractivity (Wildman–Crippen MR) is 84.5 cm³/mol. The summed E-state index contributed by atoms with van der Waals surface area (Å²) in [6.07, 6.45) is 1.51. The smallest absolute Gasteiger partial charge is 0.198 e. The van der Waals surface area contributed by atoms with Crippen molar-refractivity contribution in [3.05, 3.63) is 36.4 Å². The molecule has 2 rings (SSSR count). The summed E-state index contributed by atoms with van der Waals surface area (Å²) >= 11 is 0. The highest BCUT2D eigenvalue weighted by atomic mass is 32.2. The highest BCUT2D eigenvalue weighted by Gasteiger charge is 2.17. The lowest BCUT2D eigenvalue weighted by molar-refractivity contribution is 0.597. The lowest BCUT2D eigenvalue weighted by Gasteiger charge is -2.16. The van der Waals surface area contributed by atoms with Crippen LogP contribution in [0.15, 0.2) is 46.3 Å². The van der Waals surface area contributed by atoms with Gasteiger partial charge in [-0.2, -0.15) is 0 Å². The van der Waals surface area contributed by atoms with Crippen molar-refractivity contribution in [1.29, 1.82) is 0 Å². The molecule has 5 heteroatoms. The molecular formula is C15H18N2O2S. The van der Waals surface area contributed by atoms with Crippen LogP contribution in [-0.4, -0.2) is 34.6 Å². The summed E-state index contributed by atoms with van der Waals surface area (Å²) in [5.74, 6) is -0.213. The highest BCUT2D eigenvalue weighted by molar-refractivity contribution is 7.91. The van der Waals surface area contributed by atoms with Crippen molar-refractivity contribution in [2.75, 3.05) is 24.9 Å². The average Bonchev–Trinajstić information content (AvgIpc) is 2.43. The number of hydrogen-bond acceptors (Lipinski definition) is 4. The molecule has 0 saturated heterocycles. The van der Waals surface area contributed by atoms with Crippen LogP contribution >= 0.6 is 0 Å². The summed E-state index contributed by atoms with van der Waals surface area (Å²) in [6.45, 7) is 1.71. The number of fused-ring (bicyclic) bond motifs is 1. The van der Waals surface area contributed by atoms with E-state index in [4.69, 9.17) is 0 Å². The van der Waals surface area contributed by atoms with Gasteiger partial charge in [0.05, 0.1) is 4.90 Å². The second-order valence-corrected chi connectivity index (χ2v) is 6.63. The van der Waals surface area contributed by atoms with Crippen molar-refractivity contribution in [3.8, 4) is 0 Å². The number of aliphatic imine (C=N–C) groups is 1. The second kappa shape index (κ2) is 5.63. The van der Waals surface area contributed by atoms with Gasteiger partial charge in [0.15, 0.2) is 9.84 Å². The van der Waals surface area contributed by atoms with Crippen molar-refractivity contribution in [1.82, 2.24) is 0 Å². The van der Waals surface area contributed by atoms with Crippen LogP contribution < -0.4 is 4.90 Å². The molecule has 0 aliphatic heterocycles. The summed E-state index contributed by atoms with van der Waals surface area (Å²) in [4.78, 5) is 6.17. The zero-order chi connectivity index (χ0) is 14.8. The molecule has 0 N–H and O–H groups in total. The first-order valence-corrected chi connectivity index (χ1v) is 7.99. The summed E-state index contributed by atoms with van der Waals surface area (Å²) < 4.78 is 24.7. The van der Waals surface area contributed by atoms with Gasteiger partial charge < -0.3 is 4.90 Å². The van der Waals surface area contributed by atoms with E-state index < -0.39 is 9.84 Å². The predicted octanol–water partition coefficient (Wildman–Crippen LogP) is 2.73. The van der Waals surface area contributed by atoms with E-state index in [0.29, 0.717) is 4.90 Å². The summed E-state index contributed by atoms with van der Waals surface area (Å²) in [7, 11) is 0.476. The van der Waals surface area contributed by atoms with E-state index in [9.17, 15) is 8.42 Å². The average molecular weight is 290 g/mol. The van der Waals surface area contributed by atoms with Gasteiger partial charge in [-0.15, -0.1) is 0 Å². The molecule has 0 radical (unpaired) electrons. The van der Waals surface area contributed by atoms with E-state index in [1.54, 1.807) is 19.1 Å². The van der Waals surface area contributed by atoms with Gasteiger partial charge >= 0.3 is 0 Å². The standard InChI is InChI=1S/C15H18N2O2S/c1-4-16-11-20(18,19)15-10-6-7-12-13(15)8-5-9-14(12)17(2)3/h4-10H,11H2,1-3H3. The molecule has 0 atom stereocenters. The topological polar surface area (TPSA) is 49.7 Å². The summed E-state index contributed by atoms with van der Waals surface area (Å²) in [6, 6.07) is 11.0. The van der Waals surface area contributed by atoms with Crippen molar-refractivity contribution in [3.63, 3.8) is 0 Å². The first-order chi connectivity index (χ1) is 9.47. The van der Waals surface area contributed by atoms with Crippen molar-refractivity contribution >= 4 is 32.5 Å². The quantitative estimate of drug-likeness (QED) is 0.814. The molecule has 0 fully saturated rings. The Balaban J connectivity index is 2.71. The van der Waals surface area contributed by atoms with Gasteiger partial charge in [0.25, 0.3) is 0 Å². The van der Waals surface area contributed by atoms with Gasteiger partial charge in [-0.1, -0.05) is 24.3 Å². The highest BCUT2D eigenvalue weighted by Crippen LogP contribution is 2.30. The fraction of sp³-hybridized carbons (Fsp3) is 0.267. The molecule has 0 aromatic heterocycles. The van der Waals surface area contributed by atoms with Crippen LogP contribution in [0.4, 0.5) is 5.69 Å². The van der Waals surface area contributed by atoms with Crippen molar-refractivity contribution in [2.45, 2.75) is 11.8 Å². The lowest BCUT2D eigenvalue weighted by Crippen LogP contribution is -2.10. The first kappa shape index (κ1) is 14.5. The third kappa shape index (κ3) is 2.67. The Morgan fingerprint density at radius 3 is 2.40 bits per heavy atom. The number of hydrogen-bond donors (Lipinski definition) is 0. The molecule has 0 bridgehead atoms.